The number of nitriles is 1. The molecular formula is C36H45F3N8O. The molecule has 4 heterocycles. The first kappa shape index (κ1) is 35.2. The number of nitrogens with one attached hydrogen (secondary N) is 3. The molecule has 48 heavy (non-hydrogen) atoms. The second-order valence-corrected chi connectivity index (χ2v) is 13.5. The molecule has 1 aromatic carbocycles. The Balaban J connectivity index is 1.14. The number of aromatic nitrogens is 2. The Morgan fingerprint density at radius 1 is 1.02 bits per heavy atom. The van der Waals surface area contributed by atoms with Crippen LogP contribution in [0.3, 0.4) is 0 Å². The molecule has 1 amide bonds. The Labute approximate surface area is 280 Å². The quantitative estimate of drug-likeness (QED) is 0.273. The number of likely N-dealkylation sites (tertiary alicyclic amines) is 2. The van der Waals surface area contributed by atoms with Gasteiger partial charge in [-0.25, -0.2) is 0 Å². The van der Waals surface area contributed by atoms with Crippen molar-refractivity contribution in [2.24, 2.45) is 0 Å². The summed E-state index contributed by atoms with van der Waals surface area (Å²) in [7, 11) is 2.11. The standard InChI is InChI=1S/C36H45F3N8O/c1-35(2,24-40)33-9-7-30(22-43-33)41-14-4-5-31-20-27-19-26(6-8-32(27)47(31)25-36(37,38)39)21-42-28-12-17-46(18-13-28)23-34(48)44-29-10-15-45(3)16-11-29/h6-9,19-20,22,28-29,41-42H,10-18,21,23,25H2,1-3H3,(H,44,48). The predicted molar refractivity (Wildman–Crippen MR) is 181 cm³/mol. The highest BCUT2D eigenvalue weighted by molar-refractivity contribution is 5.83. The third-order valence-electron chi connectivity index (χ3n) is 9.22. The van der Waals surface area contributed by atoms with Crippen LogP contribution >= 0.6 is 0 Å². The van der Waals surface area contributed by atoms with Crippen LogP contribution in [0.4, 0.5) is 18.9 Å². The van der Waals surface area contributed by atoms with E-state index in [1.165, 1.54) is 4.57 Å². The van der Waals surface area contributed by atoms with Gasteiger partial charge in [-0.05, 0) is 101 Å². The molecule has 0 unspecified atom stereocenters. The van der Waals surface area contributed by atoms with E-state index in [1.807, 2.05) is 12.1 Å². The minimum atomic E-state index is -4.39. The van der Waals surface area contributed by atoms with Crippen LogP contribution in [0.15, 0.2) is 42.6 Å². The van der Waals surface area contributed by atoms with Gasteiger partial charge in [0.1, 0.15) is 6.54 Å². The lowest BCUT2D eigenvalue weighted by Gasteiger charge is -2.33. The summed E-state index contributed by atoms with van der Waals surface area (Å²) in [4.78, 5) is 21.4. The Hall–Kier alpha value is -4.10. The average Bonchev–Trinajstić information content (AvgIpc) is 3.38. The Morgan fingerprint density at radius 3 is 2.42 bits per heavy atom. The number of hydrogen-bond acceptors (Lipinski definition) is 7. The number of carbonyl (C=O) groups excluding carboxylic acids is 1. The fraction of sp³-hybridized carbons (Fsp3) is 0.528. The van der Waals surface area contributed by atoms with Crippen molar-refractivity contribution in [2.45, 2.75) is 76.3 Å². The first-order valence-electron chi connectivity index (χ1n) is 16.6. The number of nitrogens with zero attached hydrogens (tertiary/aromatic N) is 5. The summed E-state index contributed by atoms with van der Waals surface area (Å²) >= 11 is 0. The van der Waals surface area contributed by atoms with E-state index >= 15 is 0 Å². The molecule has 0 bridgehead atoms. The van der Waals surface area contributed by atoms with Crippen molar-refractivity contribution >= 4 is 22.5 Å². The van der Waals surface area contributed by atoms with E-state index in [2.05, 4.69) is 55.7 Å². The van der Waals surface area contributed by atoms with Crippen molar-refractivity contribution in [3.05, 3.63) is 59.5 Å². The van der Waals surface area contributed by atoms with Gasteiger partial charge in [-0.15, -0.1) is 0 Å². The van der Waals surface area contributed by atoms with Gasteiger partial charge in [0.05, 0.1) is 47.8 Å². The van der Waals surface area contributed by atoms with Gasteiger partial charge < -0.3 is 25.4 Å². The number of pyridine rings is 1. The molecule has 256 valence electrons. The minimum Gasteiger partial charge on any atom is -0.373 e. The highest BCUT2D eigenvalue weighted by Crippen LogP contribution is 2.27. The molecule has 2 aromatic heterocycles. The SMILES string of the molecule is CN1CCC(NC(=O)CN2CCC(NCc3ccc4c(c3)cc(C#CCNc3ccc(C(C)(C)C#N)nc3)n4CC(F)(F)F)CC2)CC1. The number of piperidine rings is 2. The molecular weight excluding hydrogens is 617 g/mol. The van der Waals surface area contributed by atoms with E-state index in [1.54, 1.807) is 44.3 Å². The summed E-state index contributed by atoms with van der Waals surface area (Å²) in [5, 5.41) is 19.9. The van der Waals surface area contributed by atoms with Crippen LogP contribution in [0.1, 0.15) is 56.5 Å². The number of hydrogen-bond donors (Lipinski definition) is 3. The van der Waals surface area contributed by atoms with E-state index in [4.69, 9.17) is 0 Å². The summed E-state index contributed by atoms with van der Waals surface area (Å²) in [6, 6.07) is 13.6. The normalized spacial score (nSPS) is 17.1. The molecule has 2 saturated heterocycles. The summed E-state index contributed by atoms with van der Waals surface area (Å²) in [5.74, 6) is 5.97. The predicted octanol–water partition coefficient (Wildman–Crippen LogP) is 4.63. The number of benzene rings is 1. The maximum absolute atomic E-state index is 13.6. The molecule has 12 heteroatoms. The zero-order valence-corrected chi connectivity index (χ0v) is 28.0. The van der Waals surface area contributed by atoms with Crippen molar-refractivity contribution in [3.63, 3.8) is 0 Å². The van der Waals surface area contributed by atoms with E-state index in [0.717, 1.165) is 57.4 Å². The molecule has 0 radical (unpaired) electrons. The lowest BCUT2D eigenvalue weighted by atomic mass is 9.91. The van der Waals surface area contributed by atoms with E-state index in [0.29, 0.717) is 47.1 Å². The molecule has 5 rings (SSSR count). The molecule has 0 saturated carbocycles. The fourth-order valence-electron chi connectivity index (χ4n) is 6.28. The van der Waals surface area contributed by atoms with Gasteiger partial charge in [0.25, 0.3) is 0 Å². The van der Waals surface area contributed by atoms with E-state index < -0.39 is 18.1 Å². The van der Waals surface area contributed by atoms with Gasteiger partial charge in [0, 0.05) is 42.6 Å². The molecule has 0 atom stereocenters. The van der Waals surface area contributed by atoms with Crippen LogP contribution in [0.25, 0.3) is 10.9 Å². The summed E-state index contributed by atoms with van der Waals surface area (Å²) < 4.78 is 41.9. The second-order valence-electron chi connectivity index (χ2n) is 13.5. The van der Waals surface area contributed by atoms with Crippen LogP contribution in [-0.2, 0) is 23.3 Å². The molecule has 2 aliphatic rings. The van der Waals surface area contributed by atoms with Crippen molar-refractivity contribution in [1.82, 2.24) is 30.0 Å². The first-order chi connectivity index (χ1) is 22.9. The highest BCUT2D eigenvalue weighted by Gasteiger charge is 2.30. The Morgan fingerprint density at radius 2 is 1.75 bits per heavy atom. The number of anilines is 1. The van der Waals surface area contributed by atoms with Crippen LogP contribution in [0.5, 0.6) is 0 Å². The monoisotopic (exact) mass is 662 g/mol. The molecule has 9 nitrogen and oxygen atoms in total. The van der Waals surface area contributed by atoms with Gasteiger partial charge >= 0.3 is 6.18 Å². The smallest absolute Gasteiger partial charge is 0.373 e. The number of fused-ring (bicyclic) bond motifs is 1. The van der Waals surface area contributed by atoms with Crippen molar-refractivity contribution in [1.29, 1.82) is 5.26 Å². The van der Waals surface area contributed by atoms with Gasteiger partial charge in [-0.1, -0.05) is 12.0 Å². The Kier molecular flexibility index (Phi) is 11.3. The highest BCUT2D eigenvalue weighted by atomic mass is 19.4. The van der Waals surface area contributed by atoms with Crippen molar-refractivity contribution in [3.8, 4) is 17.9 Å². The third-order valence-corrected chi connectivity index (χ3v) is 9.22. The summed E-state index contributed by atoms with van der Waals surface area (Å²) in [6.45, 7) is 7.42. The largest absolute Gasteiger partial charge is 0.406 e. The van der Waals surface area contributed by atoms with Crippen molar-refractivity contribution in [2.75, 3.05) is 51.6 Å². The fourth-order valence-corrected chi connectivity index (χ4v) is 6.28. The van der Waals surface area contributed by atoms with Gasteiger partial charge in [-0.3, -0.25) is 14.7 Å². The summed E-state index contributed by atoms with van der Waals surface area (Å²) in [5.41, 5.74) is 2.42. The number of carbonyl (C=O) groups is 1. The number of rotatable bonds is 10. The first-order valence-corrected chi connectivity index (χ1v) is 16.6. The maximum atomic E-state index is 13.6. The number of halogens is 3. The van der Waals surface area contributed by atoms with Gasteiger partial charge in [-0.2, -0.15) is 18.4 Å². The van der Waals surface area contributed by atoms with E-state index in [-0.39, 0.29) is 18.5 Å². The van der Waals surface area contributed by atoms with Crippen LogP contribution in [0, 0.1) is 23.2 Å². The average molecular weight is 663 g/mol. The zero-order chi connectivity index (χ0) is 34.3. The molecule has 2 fully saturated rings. The van der Waals surface area contributed by atoms with Crippen LogP contribution in [0.2, 0.25) is 0 Å². The van der Waals surface area contributed by atoms with Gasteiger partial charge in [0.15, 0.2) is 0 Å². The zero-order valence-electron chi connectivity index (χ0n) is 28.0. The number of alkyl halides is 3. The minimum absolute atomic E-state index is 0.103. The van der Waals surface area contributed by atoms with Crippen LogP contribution in [-0.4, -0.2) is 89.8 Å². The topological polar surface area (TPSA) is 101 Å². The molecule has 2 aliphatic heterocycles. The lowest BCUT2D eigenvalue weighted by molar-refractivity contribution is -0.140. The molecule has 0 spiro atoms. The van der Waals surface area contributed by atoms with Gasteiger partial charge in [0.2, 0.25) is 5.91 Å². The Bertz CT molecular complexity index is 1650. The lowest BCUT2D eigenvalue weighted by Crippen LogP contribution is -2.49. The maximum Gasteiger partial charge on any atom is 0.406 e. The van der Waals surface area contributed by atoms with E-state index in [9.17, 15) is 23.2 Å². The van der Waals surface area contributed by atoms with Crippen LogP contribution < -0.4 is 16.0 Å². The third kappa shape index (κ3) is 9.72. The summed E-state index contributed by atoms with van der Waals surface area (Å²) in [6.07, 6.45) is 1.07. The second kappa shape index (κ2) is 15.4. The molecule has 0 aliphatic carbocycles. The molecule has 3 aromatic rings. The van der Waals surface area contributed by atoms with Crippen molar-refractivity contribution < 1.29 is 18.0 Å². The molecule has 3 N–H and O–H groups in total. The number of amides is 1.